The molecule has 0 saturated heterocycles. The Morgan fingerprint density at radius 2 is 1.83 bits per heavy atom. The van der Waals surface area contributed by atoms with Gasteiger partial charge in [0, 0.05) is 24.0 Å². The summed E-state index contributed by atoms with van der Waals surface area (Å²) >= 11 is 0. The summed E-state index contributed by atoms with van der Waals surface area (Å²) in [5.41, 5.74) is 3.74. The second-order valence-corrected chi connectivity index (χ2v) is 7.03. The number of H-pyrrole nitrogens is 1. The van der Waals surface area contributed by atoms with Crippen LogP contribution in [0.2, 0.25) is 0 Å². The van der Waals surface area contributed by atoms with Crippen LogP contribution in [-0.4, -0.2) is 21.0 Å². The highest BCUT2D eigenvalue weighted by molar-refractivity contribution is 5.90. The van der Waals surface area contributed by atoms with Gasteiger partial charge in [-0.1, -0.05) is 35.0 Å². The van der Waals surface area contributed by atoms with Gasteiger partial charge in [-0.2, -0.15) is 4.98 Å². The summed E-state index contributed by atoms with van der Waals surface area (Å²) in [5.74, 6) is 0.373. The minimum atomic E-state index is -0.285. The SMILES string of the molecule is Cc1ccc(NC(=O)CCc2nc(-c3cc4ccc(C)cc4[nH]c3=O)no2)cc1. The molecule has 2 aromatic heterocycles. The van der Waals surface area contributed by atoms with Gasteiger partial charge in [0.05, 0.1) is 5.56 Å². The van der Waals surface area contributed by atoms with Gasteiger partial charge in [0.1, 0.15) is 0 Å². The number of aromatic amines is 1. The fraction of sp³-hybridized carbons (Fsp3) is 0.182. The van der Waals surface area contributed by atoms with Gasteiger partial charge in [-0.05, 0) is 49.1 Å². The lowest BCUT2D eigenvalue weighted by atomic mass is 10.1. The van der Waals surface area contributed by atoms with E-state index >= 15 is 0 Å². The standard InChI is InChI=1S/C22H20N4O3/c1-13-4-7-16(8-5-13)23-19(27)9-10-20-25-21(26-29-20)17-12-15-6-3-14(2)11-18(15)24-22(17)28/h3-8,11-12H,9-10H2,1-2H3,(H,23,27)(H,24,28). The van der Waals surface area contributed by atoms with Crippen LogP contribution in [0.5, 0.6) is 0 Å². The van der Waals surface area contributed by atoms with Crippen molar-refractivity contribution in [2.75, 3.05) is 5.32 Å². The van der Waals surface area contributed by atoms with Crippen LogP contribution in [0, 0.1) is 13.8 Å². The van der Waals surface area contributed by atoms with Gasteiger partial charge in [0.25, 0.3) is 5.56 Å². The van der Waals surface area contributed by atoms with E-state index in [1.807, 2.05) is 56.3 Å². The summed E-state index contributed by atoms with van der Waals surface area (Å²) in [6, 6.07) is 15.1. The number of nitrogens with zero attached hydrogens (tertiary/aromatic N) is 2. The van der Waals surface area contributed by atoms with Crippen molar-refractivity contribution in [1.29, 1.82) is 0 Å². The molecule has 0 bridgehead atoms. The smallest absolute Gasteiger partial charge is 0.259 e. The van der Waals surface area contributed by atoms with E-state index in [0.29, 0.717) is 11.5 Å². The Balaban J connectivity index is 1.45. The molecule has 0 radical (unpaired) electrons. The number of carbonyl (C=O) groups is 1. The zero-order valence-corrected chi connectivity index (χ0v) is 16.2. The number of anilines is 1. The summed E-state index contributed by atoms with van der Waals surface area (Å²) in [6.07, 6.45) is 0.484. The monoisotopic (exact) mass is 388 g/mol. The molecule has 29 heavy (non-hydrogen) atoms. The zero-order chi connectivity index (χ0) is 20.4. The van der Waals surface area contributed by atoms with Crippen LogP contribution < -0.4 is 10.9 Å². The number of amides is 1. The van der Waals surface area contributed by atoms with Crippen LogP contribution in [-0.2, 0) is 11.2 Å². The maximum absolute atomic E-state index is 12.4. The molecule has 4 aromatic rings. The van der Waals surface area contributed by atoms with Gasteiger partial charge in [-0.25, -0.2) is 0 Å². The second-order valence-electron chi connectivity index (χ2n) is 7.03. The van der Waals surface area contributed by atoms with Gasteiger partial charge in [0.15, 0.2) is 0 Å². The van der Waals surface area contributed by atoms with Gasteiger partial charge < -0.3 is 14.8 Å². The molecular formula is C22H20N4O3. The number of aryl methyl sites for hydroxylation is 3. The fourth-order valence-corrected chi connectivity index (χ4v) is 3.03. The Kier molecular flexibility index (Phi) is 4.95. The number of aromatic nitrogens is 3. The molecule has 7 heteroatoms. The average molecular weight is 388 g/mol. The average Bonchev–Trinajstić information content (AvgIpc) is 3.16. The quantitative estimate of drug-likeness (QED) is 0.542. The Morgan fingerprint density at radius 3 is 2.62 bits per heavy atom. The summed E-state index contributed by atoms with van der Waals surface area (Å²) in [5, 5.41) is 7.62. The topological polar surface area (TPSA) is 101 Å². The third-order valence-electron chi connectivity index (χ3n) is 4.61. The van der Waals surface area contributed by atoms with E-state index in [4.69, 9.17) is 4.52 Å². The first-order chi connectivity index (χ1) is 14.0. The lowest BCUT2D eigenvalue weighted by molar-refractivity contribution is -0.116. The first-order valence-corrected chi connectivity index (χ1v) is 9.31. The molecule has 2 heterocycles. The fourth-order valence-electron chi connectivity index (χ4n) is 3.03. The molecule has 0 unspecified atom stereocenters. The maximum atomic E-state index is 12.4. The van der Waals surface area contributed by atoms with E-state index in [0.717, 1.165) is 27.7 Å². The predicted octanol–water partition coefficient (Wildman–Crippen LogP) is 3.77. The van der Waals surface area contributed by atoms with E-state index < -0.39 is 0 Å². The third-order valence-corrected chi connectivity index (χ3v) is 4.61. The number of pyridine rings is 1. The number of benzene rings is 2. The van der Waals surface area contributed by atoms with Gasteiger partial charge in [-0.15, -0.1) is 0 Å². The van der Waals surface area contributed by atoms with Crippen LogP contribution in [0.15, 0.2) is 57.8 Å². The van der Waals surface area contributed by atoms with Crippen molar-refractivity contribution in [3.05, 3.63) is 75.9 Å². The molecule has 0 fully saturated rings. The Bertz CT molecular complexity index is 1240. The molecule has 2 aromatic carbocycles. The summed E-state index contributed by atoms with van der Waals surface area (Å²) in [7, 11) is 0. The second kappa shape index (κ2) is 7.71. The minimum absolute atomic E-state index is 0.146. The Labute approximate surface area is 166 Å². The van der Waals surface area contributed by atoms with Gasteiger partial charge in [-0.3, -0.25) is 9.59 Å². The third kappa shape index (κ3) is 4.24. The van der Waals surface area contributed by atoms with Crippen LogP contribution in [0.1, 0.15) is 23.4 Å². The molecule has 0 aliphatic carbocycles. The molecular weight excluding hydrogens is 368 g/mol. The number of hydrogen-bond acceptors (Lipinski definition) is 5. The predicted molar refractivity (Wildman–Crippen MR) is 111 cm³/mol. The molecule has 0 aliphatic rings. The summed E-state index contributed by atoms with van der Waals surface area (Å²) in [4.78, 5) is 31.7. The molecule has 0 saturated carbocycles. The lowest BCUT2D eigenvalue weighted by Crippen LogP contribution is -2.12. The first kappa shape index (κ1) is 18.6. The van der Waals surface area contributed by atoms with Crippen molar-refractivity contribution in [2.24, 2.45) is 0 Å². The molecule has 2 N–H and O–H groups in total. The van der Waals surface area contributed by atoms with Crippen LogP contribution >= 0.6 is 0 Å². The van der Waals surface area contributed by atoms with Crippen molar-refractivity contribution in [3.8, 4) is 11.4 Å². The van der Waals surface area contributed by atoms with Crippen LogP contribution in [0.4, 0.5) is 5.69 Å². The van der Waals surface area contributed by atoms with E-state index in [1.54, 1.807) is 6.07 Å². The van der Waals surface area contributed by atoms with Crippen molar-refractivity contribution in [1.82, 2.24) is 15.1 Å². The van der Waals surface area contributed by atoms with Crippen molar-refractivity contribution < 1.29 is 9.32 Å². The summed E-state index contributed by atoms with van der Waals surface area (Å²) < 4.78 is 5.23. The number of rotatable bonds is 5. The highest BCUT2D eigenvalue weighted by atomic mass is 16.5. The van der Waals surface area contributed by atoms with E-state index in [9.17, 15) is 9.59 Å². The number of carbonyl (C=O) groups excluding carboxylic acids is 1. The molecule has 1 amide bonds. The molecule has 146 valence electrons. The van der Waals surface area contributed by atoms with Crippen LogP contribution in [0.3, 0.4) is 0 Å². The molecule has 4 rings (SSSR count). The van der Waals surface area contributed by atoms with Crippen molar-refractivity contribution in [2.45, 2.75) is 26.7 Å². The summed E-state index contributed by atoms with van der Waals surface area (Å²) in [6.45, 7) is 3.95. The Morgan fingerprint density at radius 1 is 1.07 bits per heavy atom. The number of hydrogen-bond donors (Lipinski definition) is 2. The van der Waals surface area contributed by atoms with Gasteiger partial charge >= 0.3 is 0 Å². The molecule has 0 spiro atoms. The van der Waals surface area contributed by atoms with E-state index in [-0.39, 0.29) is 30.1 Å². The van der Waals surface area contributed by atoms with Gasteiger partial charge in [0.2, 0.25) is 17.6 Å². The number of nitrogens with one attached hydrogen (secondary N) is 2. The largest absolute Gasteiger partial charge is 0.339 e. The minimum Gasteiger partial charge on any atom is -0.339 e. The van der Waals surface area contributed by atoms with E-state index in [1.165, 1.54) is 0 Å². The molecule has 0 aliphatic heterocycles. The van der Waals surface area contributed by atoms with Crippen molar-refractivity contribution in [3.63, 3.8) is 0 Å². The zero-order valence-electron chi connectivity index (χ0n) is 16.2. The Hall–Kier alpha value is -3.74. The highest BCUT2D eigenvalue weighted by Crippen LogP contribution is 2.19. The van der Waals surface area contributed by atoms with Crippen LogP contribution in [0.25, 0.3) is 22.3 Å². The van der Waals surface area contributed by atoms with E-state index in [2.05, 4.69) is 20.4 Å². The normalized spacial score (nSPS) is 11.0. The van der Waals surface area contributed by atoms with Crippen molar-refractivity contribution >= 4 is 22.5 Å². The highest BCUT2D eigenvalue weighted by Gasteiger charge is 2.14. The molecule has 7 nitrogen and oxygen atoms in total. The maximum Gasteiger partial charge on any atom is 0.259 e. The first-order valence-electron chi connectivity index (χ1n) is 9.31. The number of fused-ring (bicyclic) bond motifs is 1. The lowest BCUT2D eigenvalue weighted by Gasteiger charge is -2.04. The molecule has 0 atom stereocenters.